The molecule has 0 radical (unpaired) electrons. The van der Waals surface area contributed by atoms with Gasteiger partial charge in [0.05, 0.1) is 18.2 Å². The number of ether oxygens (including phenoxy) is 1. The molecule has 0 aromatic heterocycles. The molecule has 0 heterocycles. The van der Waals surface area contributed by atoms with Crippen molar-refractivity contribution in [2.24, 2.45) is 0 Å². The number of allylic oxidation sites excluding steroid dienone is 6. The minimum Gasteiger partial charge on any atom is -0.462 e. The minimum absolute atomic E-state index is 0.329. The SMILES string of the molecule is CCOC(=O)c1ccc(N)c(C2=CC=C(C#N)CC(CC)=C2)c1. The molecule has 0 saturated carbocycles. The first kappa shape index (κ1) is 16.6. The van der Waals surface area contributed by atoms with Gasteiger partial charge in [0.1, 0.15) is 0 Å². The number of nitrogen functional groups attached to an aromatic ring is 1. The van der Waals surface area contributed by atoms with Crippen molar-refractivity contribution in [3.63, 3.8) is 0 Å². The molecule has 0 spiro atoms. The first-order chi connectivity index (χ1) is 11.1. The van der Waals surface area contributed by atoms with E-state index in [1.165, 1.54) is 0 Å². The molecule has 1 aliphatic rings. The molecule has 1 aromatic rings. The van der Waals surface area contributed by atoms with Gasteiger partial charge in [-0.2, -0.15) is 5.26 Å². The van der Waals surface area contributed by atoms with Crippen molar-refractivity contribution >= 4 is 17.2 Å². The van der Waals surface area contributed by atoms with Crippen LogP contribution < -0.4 is 5.73 Å². The lowest BCUT2D eigenvalue weighted by atomic mass is 9.98. The Hall–Kier alpha value is -2.80. The van der Waals surface area contributed by atoms with Gasteiger partial charge >= 0.3 is 5.97 Å². The average molecular weight is 308 g/mol. The Morgan fingerprint density at radius 2 is 2.13 bits per heavy atom. The number of nitrogens with two attached hydrogens (primary N) is 1. The Morgan fingerprint density at radius 3 is 2.78 bits per heavy atom. The van der Waals surface area contributed by atoms with Gasteiger partial charge in [-0.3, -0.25) is 0 Å². The maximum Gasteiger partial charge on any atom is 0.338 e. The summed E-state index contributed by atoms with van der Waals surface area (Å²) in [7, 11) is 0. The van der Waals surface area contributed by atoms with E-state index in [1.807, 2.05) is 18.2 Å². The fourth-order valence-electron chi connectivity index (χ4n) is 2.43. The molecule has 1 aliphatic carbocycles. The molecule has 0 amide bonds. The summed E-state index contributed by atoms with van der Waals surface area (Å²) in [5.74, 6) is -0.365. The number of anilines is 1. The lowest BCUT2D eigenvalue weighted by Crippen LogP contribution is -2.06. The number of rotatable bonds is 4. The molecule has 0 unspecified atom stereocenters. The lowest BCUT2D eigenvalue weighted by molar-refractivity contribution is 0.0526. The highest BCUT2D eigenvalue weighted by atomic mass is 16.5. The monoisotopic (exact) mass is 308 g/mol. The molecular formula is C19H20N2O2. The van der Waals surface area contributed by atoms with Crippen LogP contribution in [0, 0.1) is 11.3 Å². The van der Waals surface area contributed by atoms with Crippen LogP contribution in [0.5, 0.6) is 0 Å². The fourth-order valence-corrected chi connectivity index (χ4v) is 2.43. The predicted octanol–water partition coefficient (Wildman–Crippen LogP) is 4.02. The van der Waals surface area contributed by atoms with Crippen LogP contribution in [0.3, 0.4) is 0 Å². The lowest BCUT2D eigenvalue weighted by Gasteiger charge is -2.10. The highest BCUT2D eigenvalue weighted by molar-refractivity contribution is 5.93. The van der Waals surface area contributed by atoms with Gasteiger partial charge in [-0.05, 0) is 43.2 Å². The molecule has 0 bridgehead atoms. The maximum absolute atomic E-state index is 11.9. The Morgan fingerprint density at radius 1 is 1.35 bits per heavy atom. The van der Waals surface area contributed by atoms with Crippen molar-refractivity contribution in [3.05, 3.63) is 58.7 Å². The van der Waals surface area contributed by atoms with Crippen LogP contribution in [-0.4, -0.2) is 12.6 Å². The predicted molar refractivity (Wildman–Crippen MR) is 91.5 cm³/mol. The summed E-state index contributed by atoms with van der Waals surface area (Å²) in [6.07, 6.45) is 7.23. The van der Waals surface area contributed by atoms with E-state index in [-0.39, 0.29) is 5.97 Å². The van der Waals surface area contributed by atoms with Gasteiger partial charge in [-0.15, -0.1) is 0 Å². The topological polar surface area (TPSA) is 76.1 Å². The zero-order chi connectivity index (χ0) is 16.8. The van der Waals surface area contributed by atoms with Crippen molar-refractivity contribution in [1.29, 1.82) is 5.26 Å². The largest absolute Gasteiger partial charge is 0.462 e. The van der Waals surface area contributed by atoms with E-state index < -0.39 is 0 Å². The third-order valence-electron chi connectivity index (χ3n) is 3.71. The van der Waals surface area contributed by atoms with Crippen LogP contribution in [0.25, 0.3) is 5.57 Å². The van der Waals surface area contributed by atoms with Crippen molar-refractivity contribution in [2.75, 3.05) is 12.3 Å². The molecule has 4 nitrogen and oxygen atoms in total. The average Bonchev–Trinajstić information content (AvgIpc) is 2.77. The Labute approximate surface area is 136 Å². The summed E-state index contributed by atoms with van der Waals surface area (Å²) in [5.41, 5.74) is 10.7. The number of carbonyl (C=O) groups is 1. The molecule has 0 atom stereocenters. The molecule has 118 valence electrons. The van der Waals surface area contributed by atoms with E-state index in [1.54, 1.807) is 25.1 Å². The number of nitriles is 1. The van der Waals surface area contributed by atoms with Gasteiger partial charge in [0, 0.05) is 23.2 Å². The van der Waals surface area contributed by atoms with Gasteiger partial charge in [-0.25, -0.2) is 4.79 Å². The van der Waals surface area contributed by atoms with Crippen molar-refractivity contribution < 1.29 is 9.53 Å². The number of hydrogen-bond acceptors (Lipinski definition) is 4. The summed E-state index contributed by atoms with van der Waals surface area (Å²) >= 11 is 0. The van der Waals surface area contributed by atoms with Crippen LogP contribution in [0.4, 0.5) is 5.69 Å². The van der Waals surface area contributed by atoms with Crippen molar-refractivity contribution in [2.45, 2.75) is 26.7 Å². The number of carbonyl (C=O) groups excluding carboxylic acids is 1. The molecule has 1 aromatic carbocycles. The highest BCUT2D eigenvalue weighted by Gasteiger charge is 2.13. The summed E-state index contributed by atoms with van der Waals surface area (Å²) in [6, 6.07) is 7.33. The molecule has 4 heteroatoms. The van der Waals surface area contributed by atoms with E-state index >= 15 is 0 Å². The smallest absolute Gasteiger partial charge is 0.338 e. The summed E-state index contributed by atoms with van der Waals surface area (Å²) in [6.45, 7) is 4.16. The second kappa shape index (κ2) is 7.46. The summed E-state index contributed by atoms with van der Waals surface area (Å²) in [4.78, 5) is 11.9. The zero-order valence-electron chi connectivity index (χ0n) is 13.4. The van der Waals surface area contributed by atoms with Gasteiger partial charge < -0.3 is 10.5 Å². The minimum atomic E-state index is -0.365. The van der Waals surface area contributed by atoms with E-state index in [9.17, 15) is 4.79 Å². The van der Waals surface area contributed by atoms with Crippen LogP contribution >= 0.6 is 0 Å². The Balaban J connectivity index is 2.49. The molecule has 0 fully saturated rings. The first-order valence-corrected chi connectivity index (χ1v) is 7.66. The third-order valence-corrected chi connectivity index (χ3v) is 3.71. The zero-order valence-corrected chi connectivity index (χ0v) is 13.4. The van der Waals surface area contributed by atoms with Crippen LogP contribution in [-0.2, 0) is 4.74 Å². The molecule has 2 rings (SSSR count). The van der Waals surface area contributed by atoms with Gasteiger partial charge in [0.25, 0.3) is 0 Å². The normalized spacial score (nSPS) is 14.0. The Kier molecular flexibility index (Phi) is 5.37. The number of esters is 1. The first-order valence-electron chi connectivity index (χ1n) is 7.66. The summed E-state index contributed by atoms with van der Waals surface area (Å²) in [5, 5.41) is 9.16. The van der Waals surface area contributed by atoms with E-state index in [0.717, 1.165) is 23.1 Å². The Bertz CT molecular complexity index is 749. The summed E-state index contributed by atoms with van der Waals surface area (Å²) < 4.78 is 5.04. The molecule has 0 saturated heterocycles. The van der Waals surface area contributed by atoms with E-state index in [4.69, 9.17) is 15.7 Å². The van der Waals surface area contributed by atoms with Crippen LogP contribution in [0.2, 0.25) is 0 Å². The second-order valence-corrected chi connectivity index (χ2v) is 5.28. The van der Waals surface area contributed by atoms with Crippen LogP contribution in [0.1, 0.15) is 42.6 Å². The number of hydrogen-bond donors (Lipinski definition) is 1. The van der Waals surface area contributed by atoms with Crippen molar-refractivity contribution in [3.8, 4) is 6.07 Å². The molecule has 2 N–H and O–H groups in total. The number of nitrogens with zero attached hydrogens (tertiary/aromatic N) is 1. The van der Waals surface area contributed by atoms with Gasteiger partial charge in [0.2, 0.25) is 0 Å². The number of benzene rings is 1. The second-order valence-electron chi connectivity index (χ2n) is 5.28. The third kappa shape index (κ3) is 3.89. The fraction of sp³-hybridized carbons (Fsp3) is 0.263. The molecule has 23 heavy (non-hydrogen) atoms. The highest BCUT2D eigenvalue weighted by Crippen LogP contribution is 2.30. The maximum atomic E-state index is 11.9. The van der Waals surface area contributed by atoms with Gasteiger partial charge in [0.15, 0.2) is 0 Å². The quantitative estimate of drug-likeness (QED) is 0.673. The van der Waals surface area contributed by atoms with E-state index in [2.05, 4.69) is 13.0 Å². The van der Waals surface area contributed by atoms with Crippen LogP contribution in [0.15, 0.2) is 47.6 Å². The molecule has 0 aliphatic heterocycles. The van der Waals surface area contributed by atoms with E-state index in [0.29, 0.717) is 29.9 Å². The van der Waals surface area contributed by atoms with Crippen molar-refractivity contribution in [1.82, 2.24) is 0 Å². The molecular weight excluding hydrogens is 288 g/mol. The standard InChI is InChI=1S/C19H20N2O2/c1-3-13-9-14(12-20)5-6-15(10-13)17-11-16(7-8-18(17)21)19(22)23-4-2/h5-8,10-11H,3-4,9,21H2,1-2H3. The van der Waals surface area contributed by atoms with Gasteiger partial charge in [-0.1, -0.05) is 24.6 Å².